The van der Waals surface area contributed by atoms with Gasteiger partial charge in [-0.25, -0.2) is 5.43 Å². The third-order valence-corrected chi connectivity index (χ3v) is 4.83. The highest BCUT2D eigenvalue weighted by Gasteiger charge is 2.16. The molecule has 0 saturated carbocycles. The second-order valence-corrected chi connectivity index (χ2v) is 6.04. The monoisotopic (exact) mass is 282 g/mol. The molecule has 3 rings (SSSR count). The Kier molecular flexibility index (Phi) is 3.57. The van der Waals surface area contributed by atoms with Crippen molar-refractivity contribution in [2.45, 2.75) is 19.9 Å². The van der Waals surface area contributed by atoms with Crippen molar-refractivity contribution in [2.75, 3.05) is 0 Å². The van der Waals surface area contributed by atoms with Gasteiger partial charge in [-0.05, 0) is 52.9 Å². The third-order valence-electron chi connectivity index (χ3n) is 3.85. The summed E-state index contributed by atoms with van der Waals surface area (Å²) in [5.41, 5.74) is 8.02. The molecule has 0 spiro atoms. The van der Waals surface area contributed by atoms with Gasteiger partial charge < -0.3 is 0 Å². The van der Waals surface area contributed by atoms with Crippen molar-refractivity contribution in [1.82, 2.24) is 5.43 Å². The number of thiophene rings is 1. The molecule has 1 heterocycles. The summed E-state index contributed by atoms with van der Waals surface area (Å²) >= 11 is 1.76. The lowest BCUT2D eigenvalue weighted by Gasteiger charge is -2.17. The van der Waals surface area contributed by atoms with E-state index in [9.17, 15) is 0 Å². The number of fused-ring (bicyclic) bond motifs is 1. The molecule has 3 N–H and O–H groups in total. The Morgan fingerprint density at radius 3 is 2.60 bits per heavy atom. The molecule has 0 amide bonds. The maximum absolute atomic E-state index is 5.83. The molecule has 1 atom stereocenters. The van der Waals surface area contributed by atoms with Crippen LogP contribution in [0, 0.1) is 13.8 Å². The predicted molar refractivity (Wildman–Crippen MR) is 86.9 cm³/mol. The van der Waals surface area contributed by atoms with Crippen LogP contribution in [0.1, 0.15) is 28.3 Å². The van der Waals surface area contributed by atoms with Crippen molar-refractivity contribution >= 4 is 21.4 Å². The third kappa shape index (κ3) is 2.24. The lowest BCUT2D eigenvalue weighted by molar-refractivity contribution is 0.642. The zero-order valence-electron chi connectivity index (χ0n) is 11.7. The van der Waals surface area contributed by atoms with Gasteiger partial charge in [0.2, 0.25) is 0 Å². The van der Waals surface area contributed by atoms with Gasteiger partial charge in [-0.3, -0.25) is 5.84 Å². The van der Waals surface area contributed by atoms with E-state index in [1.165, 1.54) is 32.3 Å². The van der Waals surface area contributed by atoms with Crippen LogP contribution in [0.2, 0.25) is 0 Å². The second kappa shape index (κ2) is 5.37. The molecule has 102 valence electrons. The fraction of sp³-hybridized carbons (Fsp3) is 0.176. The highest BCUT2D eigenvalue weighted by atomic mass is 32.1. The number of nitrogens with one attached hydrogen (secondary N) is 1. The van der Waals surface area contributed by atoms with E-state index in [4.69, 9.17) is 5.84 Å². The van der Waals surface area contributed by atoms with E-state index >= 15 is 0 Å². The Labute approximate surface area is 123 Å². The van der Waals surface area contributed by atoms with Crippen LogP contribution in [0.25, 0.3) is 10.1 Å². The Hall–Kier alpha value is -1.68. The molecule has 0 saturated heterocycles. The van der Waals surface area contributed by atoms with Gasteiger partial charge in [-0.1, -0.05) is 36.4 Å². The summed E-state index contributed by atoms with van der Waals surface area (Å²) in [6.07, 6.45) is 0. The first kappa shape index (κ1) is 13.3. The SMILES string of the molecule is Cc1ccc(C(NN)c2csc3ccccc23)cc1C. The lowest BCUT2D eigenvalue weighted by Crippen LogP contribution is -2.28. The number of nitrogens with two attached hydrogens (primary N) is 1. The van der Waals surface area contributed by atoms with E-state index in [2.05, 4.69) is 67.1 Å². The van der Waals surface area contributed by atoms with Crippen LogP contribution in [0.4, 0.5) is 0 Å². The van der Waals surface area contributed by atoms with E-state index in [0.29, 0.717) is 0 Å². The first-order valence-electron chi connectivity index (χ1n) is 6.70. The molecule has 3 aromatic rings. The molecule has 2 aromatic carbocycles. The number of rotatable bonds is 3. The smallest absolute Gasteiger partial charge is 0.0724 e. The molecule has 0 aliphatic heterocycles. The molecule has 1 unspecified atom stereocenters. The number of hydrazine groups is 1. The van der Waals surface area contributed by atoms with Crippen LogP contribution < -0.4 is 11.3 Å². The average molecular weight is 282 g/mol. The van der Waals surface area contributed by atoms with Gasteiger partial charge in [-0.15, -0.1) is 11.3 Å². The summed E-state index contributed by atoms with van der Waals surface area (Å²) in [7, 11) is 0. The number of benzene rings is 2. The minimum Gasteiger partial charge on any atom is -0.271 e. The van der Waals surface area contributed by atoms with Crippen LogP contribution >= 0.6 is 11.3 Å². The fourth-order valence-electron chi connectivity index (χ4n) is 2.53. The Morgan fingerprint density at radius 1 is 1.05 bits per heavy atom. The van der Waals surface area contributed by atoms with Crippen LogP contribution in [0.15, 0.2) is 47.8 Å². The van der Waals surface area contributed by atoms with Gasteiger partial charge in [0, 0.05) is 4.70 Å². The van der Waals surface area contributed by atoms with Crippen LogP contribution in [-0.4, -0.2) is 0 Å². The molecule has 20 heavy (non-hydrogen) atoms. The largest absolute Gasteiger partial charge is 0.271 e. The average Bonchev–Trinajstić information content (AvgIpc) is 2.88. The standard InChI is InChI=1S/C17H18N2S/c1-11-7-8-13(9-12(11)2)17(19-18)15-10-20-16-6-4-3-5-14(15)16/h3-10,17,19H,18H2,1-2H3. The zero-order valence-corrected chi connectivity index (χ0v) is 12.5. The number of aryl methyl sites for hydroxylation is 2. The zero-order chi connectivity index (χ0) is 14.1. The van der Waals surface area contributed by atoms with E-state index in [1.54, 1.807) is 11.3 Å². The van der Waals surface area contributed by atoms with E-state index in [0.717, 1.165) is 0 Å². The van der Waals surface area contributed by atoms with Gasteiger partial charge in [-0.2, -0.15) is 0 Å². The molecule has 0 fully saturated rings. The maximum Gasteiger partial charge on any atom is 0.0724 e. The van der Waals surface area contributed by atoms with E-state index in [1.807, 2.05) is 0 Å². The molecular weight excluding hydrogens is 264 g/mol. The van der Waals surface area contributed by atoms with Crippen molar-refractivity contribution in [3.05, 3.63) is 70.1 Å². The minimum absolute atomic E-state index is 0.0328. The van der Waals surface area contributed by atoms with Crippen molar-refractivity contribution < 1.29 is 0 Å². The van der Waals surface area contributed by atoms with Crippen LogP contribution in [0.5, 0.6) is 0 Å². The van der Waals surface area contributed by atoms with Crippen LogP contribution in [-0.2, 0) is 0 Å². The minimum atomic E-state index is 0.0328. The number of hydrogen-bond donors (Lipinski definition) is 2. The molecule has 0 radical (unpaired) electrons. The van der Waals surface area contributed by atoms with Crippen molar-refractivity contribution in [3.63, 3.8) is 0 Å². The molecule has 0 bridgehead atoms. The quantitative estimate of drug-likeness (QED) is 0.561. The summed E-state index contributed by atoms with van der Waals surface area (Å²) in [5.74, 6) is 5.83. The number of hydrogen-bond acceptors (Lipinski definition) is 3. The summed E-state index contributed by atoms with van der Waals surface area (Å²) in [5, 5.41) is 3.48. The highest BCUT2D eigenvalue weighted by Crippen LogP contribution is 2.33. The Balaban J connectivity index is 2.11. The fourth-order valence-corrected chi connectivity index (χ4v) is 3.52. The molecular formula is C17H18N2S. The molecule has 0 aliphatic carbocycles. The molecule has 0 aliphatic rings. The van der Waals surface area contributed by atoms with E-state index < -0.39 is 0 Å². The molecule has 3 heteroatoms. The Morgan fingerprint density at radius 2 is 1.85 bits per heavy atom. The topological polar surface area (TPSA) is 38.0 Å². The summed E-state index contributed by atoms with van der Waals surface area (Å²) in [6, 6.07) is 15.0. The Bertz CT molecular complexity index is 746. The van der Waals surface area contributed by atoms with Crippen molar-refractivity contribution in [2.24, 2.45) is 5.84 Å². The highest BCUT2D eigenvalue weighted by molar-refractivity contribution is 7.17. The summed E-state index contributed by atoms with van der Waals surface area (Å²) in [6.45, 7) is 4.27. The second-order valence-electron chi connectivity index (χ2n) is 5.13. The van der Waals surface area contributed by atoms with Gasteiger partial charge in [0.1, 0.15) is 0 Å². The van der Waals surface area contributed by atoms with Gasteiger partial charge in [0.15, 0.2) is 0 Å². The normalized spacial score (nSPS) is 12.8. The lowest BCUT2D eigenvalue weighted by atomic mass is 9.96. The van der Waals surface area contributed by atoms with Crippen LogP contribution in [0.3, 0.4) is 0 Å². The predicted octanol–water partition coefficient (Wildman–Crippen LogP) is 4.07. The van der Waals surface area contributed by atoms with Gasteiger partial charge in [0.25, 0.3) is 0 Å². The first-order chi connectivity index (χ1) is 9.70. The summed E-state index contributed by atoms with van der Waals surface area (Å²) in [4.78, 5) is 0. The van der Waals surface area contributed by atoms with Gasteiger partial charge in [0.05, 0.1) is 6.04 Å². The van der Waals surface area contributed by atoms with Crippen molar-refractivity contribution in [3.8, 4) is 0 Å². The molecule has 2 nitrogen and oxygen atoms in total. The van der Waals surface area contributed by atoms with Crippen molar-refractivity contribution in [1.29, 1.82) is 0 Å². The summed E-state index contributed by atoms with van der Waals surface area (Å²) < 4.78 is 1.30. The van der Waals surface area contributed by atoms with Gasteiger partial charge >= 0.3 is 0 Å². The first-order valence-corrected chi connectivity index (χ1v) is 7.58. The maximum atomic E-state index is 5.83. The van der Waals surface area contributed by atoms with E-state index in [-0.39, 0.29) is 6.04 Å². The molecule has 1 aromatic heterocycles.